The molecule has 34 heavy (non-hydrogen) atoms. The molecule has 0 aliphatic carbocycles. The summed E-state index contributed by atoms with van der Waals surface area (Å²) < 4.78 is 46.2. The normalized spacial score (nSPS) is 11.1. The highest BCUT2D eigenvalue weighted by atomic mass is 19.4. The lowest BCUT2D eigenvalue weighted by molar-refractivity contribution is -0.192. The van der Waals surface area contributed by atoms with Gasteiger partial charge in [0.15, 0.2) is 0 Å². The molecule has 3 aromatic carbocycles. The van der Waals surface area contributed by atoms with Crippen LogP contribution in [0.1, 0.15) is 17.3 Å². The Morgan fingerprint density at radius 2 is 1.65 bits per heavy atom. The summed E-state index contributed by atoms with van der Waals surface area (Å²) in [4.78, 5) is 35.3. The molecular weight excluding hydrogens is 458 g/mol. The van der Waals surface area contributed by atoms with Crippen molar-refractivity contribution in [1.29, 1.82) is 0 Å². The van der Waals surface area contributed by atoms with Crippen LogP contribution >= 0.6 is 0 Å². The van der Waals surface area contributed by atoms with Gasteiger partial charge in [-0.15, -0.1) is 0 Å². The summed E-state index contributed by atoms with van der Waals surface area (Å²) >= 11 is 0. The first-order valence-corrected chi connectivity index (χ1v) is 9.61. The number of carboxylic acid groups (broad SMARTS) is 1. The van der Waals surface area contributed by atoms with Crippen molar-refractivity contribution in [3.05, 3.63) is 66.0 Å². The number of aliphatic carboxylic acids is 1. The van der Waals surface area contributed by atoms with Gasteiger partial charge in [0.05, 0.1) is 11.1 Å². The molecule has 0 saturated carbocycles. The number of benzene rings is 3. The van der Waals surface area contributed by atoms with Crippen molar-refractivity contribution in [2.75, 3.05) is 5.32 Å². The van der Waals surface area contributed by atoms with Crippen molar-refractivity contribution in [2.24, 2.45) is 5.73 Å². The molecule has 2 amide bonds. The van der Waals surface area contributed by atoms with Crippen LogP contribution in [0.5, 0.6) is 0 Å². The van der Waals surface area contributed by atoms with E-state index in [0.717, 1.165) is 5.39 Å². The number of amides is 2. The maximum atomic E-state index is 14.4. The van der Waals surface area contributed by atoms with Gasteiger partial charge in [-0.3, -0.25) is 9.59 Å². The smallest absolute Gasteiger partial charge is 0.475 e. The number of carboxylic acids is 1. The number of primary amides is 1. The van der Waals surface area contributed by atoms with Crippen molar-refractivity contribution in [1.82, 2.24) is 4.98 Å². The Morgan fingerprint density at radius 3 is 2.21 bits per heavy atom. The lowest BCUT2D eigenvalue weighted by Crippen LogP contribution is -2.21. The molecule has 1 aromatic heterocycles. The van der Waals surface area contributed by atoms with E-state index in [-0.39, 0.29) is 11.7 Å². The molecule has 1 heterocycles. The summed E-state index contributed by atoms with van der Waals surface area (Å²) in [6.07, 6.45) is -5.08. The average molecular weight is 475 g/mol. The average Bonchev–Trinajstić information content (AvgIpc) is 3.11. The Morgan fingerprint density at radius 1 is 1.00 bits per heavy atom. The molecule has 0 bridgehead atoms. The van der Waals surface area contributed by atoms with E-state index in [1.807, 2.05) is 6.07 Å². The number of aromatic nitrogens is 1. The van der Waals surface area contributed by atoms with Crippen molar-refractivity contribution in [3.63, 3.8) is 0 Å². The standard InChI is InChI=1S/C21H16FN3O2.C2HF3O2/c1-11(26)24-12-6-7-15-18(10-12)25-20-16(21(23)27)9-8-14(19(15)20)13-4-2-3-5-17(13)22;3-2(4,5)1(6)7/h2-10,25H,1H3,(H2,23,27)(H,24,26);(H,6,7). The number of aromatic amines is 1. The molecule has 0 spiro atoms. The summed E-state index contributed by atoms with van der Waals surface area (Å²) in [5, 5.41) is 11.4. The molecule has 176 valence electrons. The highest BCUT2D eigenvalue weighted by molar-refractivity contribution is 6.20. The van der Waals surface area contributed by atoms with Gasteiger partial charge in [-0.2, -0.15) is 13.2 Å². The largest absolute Gasteiger partial charge is 0.490 e. The van der Waals surface area contributed by atoms with Gasteiger partial charge in [0.1, 0.15) is 5.82 Å². The van der Waals surface area contributed by atoms with E-state index < -0.39 is 18.1 Å². The summed E-state index contributed by atoms with van der Waals surface area (Å²) in [5.41, 5.74) is 8.81. The summed E-state index contributed by atoms with van der Waals surface area (Å²) in [6, 6.07) is 15.1. The molecule has 0 aliphatic heterocycles. The zero-order valence-corrected chi connectivity index (χ0v) is 17.5. The second kappa shape index (κ2) is 9.22. The SMILES string of the molecule is CC(=O)Nc1ccc2c(c1)[nH]c1c(C(N)=O)ccc(-c3ccccc3F)c12.O=C(O)C(F)(F)F. The van der Waals surface area contributed by atoms with E-state index in [1.165, 1.54) is 13.0 Å². The van der Waals surface area contributed by atoms with Crippen LogP contribution in [0.25, 0.3) is 32.9 Å². The number of hydrogen-bond donors (Lipinski definition) is 4. The monoisotopic (exact) mass is 475 g/mol. The van der Waals surface area contributed by atoms with Crippen molar-refractivity contribution < 1.29 is 37.1 Å². The Bertz CT molecular complexity index is 1430. The molecule has 0 radical (unpaired) electrons. The molecule has 7 nitrogen and oxygen atoms in total. The summed E-state index contributed by atoms with van der Waals surface area (Å²) in [7, 11) is 0. The number of carbonyl (C=O) groups is 3. The summed E-state index contributed by atoms with van der Waals surface area (Å²) in [5.74, 6) is -3.87. The van der Waals surface area contributed by atoms with Crippen molar-refractivity contribution >= 4 is 45.3 Å². The van der Waals surface area contributed by atoms with Gasteiger partial charge in [0, 0.05) is 34.5 Å². The zero-order chi connectivity index (χ0) is 25.2. The Kier molecular flexibility index (Phi) is 6.57. The molecule has 5 N–H and O–H groups in total. The van der Waals surface area contributed by atoms with E-state index in [4.69, 9.17) is 15.6 Å². The minimum Gasteiger partial charge on any atom is -0.475 e. The van der Waals surface area contributed by atoms with E-state index in [2.05, 4.69) is 10.3 Å². The molecule has 0 saturated heterocycles. The Balaban J connectivity index is 0.000000406. The molecule has 0 aliphatic rings. The second-order valence-corrected chi connectivity index (χ2v) is 7.12. The lowest BCUT2D eigenvalue weighted by Gasteiger charge is -2.08. The van der Waals surface area contributed by atoms with Crippen molar-refractivity contribution in [3.8, 4) is 11.1 Å². The number of halogens is 4. The summed E-state index contributed by atoms with van der Waals surface area (Å²) in [6.45, 7) is 1.43. The zero-order valence-electron chi connectivity index (χ0n) is 17.5. The number of nitrogens with one attached hydrogen (secondary N) is 2. The van der Waals surface area contributed by atoms with Crippen molar-refractivity contribution in [2.45, 2.75) is 13.1 Å². The Labute approximate surface area is 189 Å². The highest BCUT2D eigenvalue weighted by Crippen LogP contribution is 2.38. The first-order valence-electron chi connectivity index (χ1n) is 9.61. The fourth-order valence-electron chi connectivity index (χ4n) is 3.40. The van der Waals surface area contributed by atoms with Crippen LogP contribution in [0, 0.1) is 5.82 Å². The molecule has 0 fully saturated rings. The quantitative estimate of drug-likeness (QED) is 0.317. The van der Waals surface area contributed by atoms with Crippen LogP contribution in [-0.4, -0.2) is 34.1 Å². The predicted molar refractivity (Wildman–Crippen MR) is 118 cm³/mol. The second-order valence-electron chi connectivity index (χ2n) is 7.12. The van der Waals surface area contributed by atoms with Crippen LogP contribution in [0.15, 0.2) is 54.6 Å². The lowest BCUT2D eigenvalue weighted by atomic mass is 9.96. The Hall–Kier alpha value is -4.41. The third kappa shape index (κ3) is 4.98. The van der Waals surface area contributed by atoms with Crippen LogP contribution in [-0.2, 0) is 9.59 Å². The van der Waals surface area contributed by atoms with Gasteiger partial charge >= 0.3 is 12.1 Å². The third-order valence-electron chi connectivity index (χ3n) is 4.75. The molecular formula is C23H17F4N3O4. The molecule has 4 rings (SSSR count). The maximum Gasteiger partial charge on any atom is 0.490 e. The third-order valence-corrected chi connectivity index (χ3v) is 4.75. The number of H-pyrrole nitrogens is 1. The first kappa shape index (κ1) is 24.2. The fraction of sp³-hybridized carbons (Fsp3) is 0.0870. The van der Waals surface area contributed by atoms with E-state index in [1.54, 1.807) is 42.5 Å². The van der Waals surface area contributed by atoms with E-state index in [9.17, 15) is 27.2 Å². The minimum absolute atomic E-state index is 0.185. The predicted octanol–water partition coefficient (Wildman–Crippen LogP) is 4.82. The number of anilines is 1. The molecule has 0 unspecified atom stereocenters. The topological polar surface area (TPSA) is 125 Å². The van der Waals surface area contributed by atoms with Gasteiger partial charge in [-0.05, 0) is 29.8 Å². The number of nitrogens with two attached hydrogens (primary N) is 1. The molecule has 0 atom stereocenters. The number of rotatable bonds is 3. The van der Waals surface area contributed by atoms with Gasteiger partial charge in [0.25, 0.3) is 5.91 Å². The molecule has 11 heteroatoms. The fourth-order valence-corrected chi connectivity index (χ4v) is 3.40. The number of carbonyl (C=O) groups excluding carboxylic acids is 2. The maximum absolute atomic E-state index is 14.4. The number of hydrogen-bond acceptors (Lipinski definition) is 3. The van der Waals surface area contributed by atoms with Crippen LogP contribution in [0.4, 0.5) is 23.2 Å². The van der Waals surface area contributed by atoms with Crippen LogP contribution in [0.3, 0.4) is 0 Å². The van der Waals surface area contributed by atoms with E-state index in [0.29, 0.717) is 38.8 Å². The van der Waals surface area contributed by atoms with Gasteiger partial charge in [0.2, 0.25) is 5.91 Å². The van der Waals surface area contributed by atoms with Gasteiger partial charge in [-0.25, -0.2) is 9.18 Å². The highest BCUT2D eigenvalue weighted by Gasteiger charge is 2.38. The number of alkyl halides is 3. The number of fused-ring (bicyclic) bond motifs is 3. The van der Waals surface area contributed by atoms with E-state index >= 15 is 0 Å². The van der Waals surface area contributed by atoms with Crippen LogP contribution < -0.4 is 11.1 Å². The molecule has 4 aromatic rings. The minimum atomic E-state index is -5.08. The van der Waals surface area contributed by atoms with Gasteiger partial charge < -0.3 is 21.1 Å². The van der Waals surface area contributed by atoms with Crippen LogP contribution in [0.2, 0.25) is 0 Å². The van der Waals surface area contributed by atoms with Gasteiger partial charge in [-0.1, -0.05) is 30.3 Å². The first-order chi connectivity index (χ1) is 15.9.